The minimum Gasteiger partial charge on any atom is -0.381 e. The van der Waals surface area contributed by atoms with Crippen LogP contribution in [0.3, 0.4) is 0 Å². The van der Waals surface area contributed by atoms with Crippen molar-refractivity contribution in [2.24, 2.45) is 0 Å². The Labute approximate surface area is 160 Å². The molecule has 2 aromatic rings. The Morgan fingerprint density at radius 1 is 1.00 bits per heavy atom. The topological polar surface area (TPSA) is 112 Å². The van der Waals surface area contributed by atoms with Crippen LogP contribution in [0.4, 0.5) is 20.7 Å². The van der Waals surface area contributed by atoms with Gasteiger partial charge in [0.2, 0.25) is 11.9 Å². The third kappa shape index (κ3) is 3.99. The summed E-state index contributed by atoms with van der Waals surface area (Å²) in [5, 5.41) is 0. The molecule has 0 spiro atoms. The van der Waals surface area contributed by atoms with Gasteiger partial charge < -0.3 is 20.1 Å². The number of nitrogen functional groups attached to an aromatic ring is 1. The minimum atomic E-state index is -2.82. The van der Waals surface area contributed by atoms with Gasteiger partial charge in [0.15, 0.2) is 5.82 Å². The average Bonchev–Trinajstić information content (AvgIpc) is 2.74. The minimum absolute atomic E-state index is 0.0643. The number of rotatable bonds is 4. The van der Waals surface area contributed by atoms with Crippen LogP contribution in [0.5, 0.6) is 0 Å². The monoisotopic (exact) mass is 393 g/mol. The summed E-state index contributed by atoms with van der Waals surface area (Å²) in [6.07, 6.45) is -0.0380. The maximum atomic E-state index is 13.5. The first kappa shape index (κ1) is 18.8. The van der Waals surface area contributed by atoms with Crippen molar-refractivity contribution >= 4 is 11.9 Å². The zero-order valence-electron chi connectivity index (χ0n) is 15.2. The van der Waals surface area contributed by atoms with Crippen LogP contribution >= 0.6 is 0 Å². The quantitative estimate of drug-likeness (QED) is 0.827. The zero-order valence-corrected chi connectivity index (χ0v) is 15.2. The lowest BCUT2D eigenvalue weighted by Crippen LogP contribution is -2.37. The Morgan fingerprint density at radius 2 is 1.71 bits per heavy atom. The molecule has 2 N–H and O–H groups in total. The molecule has 2 fully saturated rings. The van der Waals surface area contributed by atoms with Crippen molar-refractivity contribution in [1.29, 1.82) is 0 Å². The second-order valence-electron chi connectivity index (χ2n) is 6.63. The van der Waals surface area contributed by atoms with Gasteiger partial charge in [-0.25, -0.2) is 23.7 Å². The molecule has 4 heterocycles. The summed E-state index contributed by atoms with van der Waals surface area (Å²) in [6, 6.07) is 0. The van der Waals surface area contributed by atoms with Gasteiger partial charge in [0, 0.05) is 38.4 Å². The van der Waals surface area contributed by atoms with E-state index in [9.17, 15) is 8.78 Å². The SMILES string of the molecule is Nc1ncc(-c2nc(C3CCOCC3)nc(N3CCOCC3)n2)c(C(F)F)n1. The van der Waals surface area contributed by atoms with Gasteiger partial charge in [0.05, 0.1) is 18.8 Å². The van der Waals surface area contributed by atoms with Gasteiger partial charge in [-0.2, -0.15) is 9.97 Å². The highest BCUT2D eigenvalue weighted by atomic mass is 19.3. The highest BCUT2D eigenvalue weighted by Crippen LogP contribution is 2.31. The number of hydrogen-bond acceptors (Lipinski definition) is 9. The highest BCUT2D eigenvalue weighted by molar-refractivity contribution is 5.59. The molecular weight excluding hydrogens is 372 g/mol. The molecule has 0 amide bonds. The Bertz CT molecular complexity index is 791. The normalized spacial score (nSPS) is 18.6. The van der Waals surface area contributed by atoms with Crippen LogP contribution < -0.4 is 10.6 Å². The van der Waals surface area contributed by atoms with Gasteiger partial charge in [0.25, 0.3) is 6.43 Å². The molecule has 2 saturated heterocycles. The molecule has 0 unspecified atom stereocenters. The third-order valence-electron chi connectivity index (χ3n) is 4.81. The molecule has 2 aliphatic heterocycles. The number of nitrogens with zero attached hydrogens (tertiary/aromatic N) is 6. The fourth-order valence-corrected chi connectivity index (χ4v) is 3.29. The predicted octanol–water partition coefficient (Wildman–Crippen LogP) is 1.58. The molecule has 0 saturated carbocycles. The van der Waals surface area contributed by atoms with E-state index in [1.165, 1.54) is 6.20 Å². The Morgan fingerprint density at radius 3 is 2.43 bits per heavy atom. The number of alkyl halides is 2. The lowest BCUT2D eigenvalue weighted by molar-refractivity contribution is 0.0835. The molecule has 9 nitrogen and oxygen atoms in total. The number of morpholine rings is 1. The number of nitrogens with two attached hydrogens (primary N) is 1. The summed E-state index contributed by atoms with van der Waals surface area (Å²) in [5.41, 5.74) is 5.07. The summed E-state index contributed by atoms with van der Waals surface area (Å²) >= 11 is 0. The second-order valence-corrected chi connectivity index (χ2v) is 6.63. The van der Waals surface area contributed by atoms with E-state index >= 15 is 0 Å². The largest absolute Gasteiger partial charge is 0.381 e. The van der Waals surface area contributed by atoms with Gasteiger partial charge in [-0.3, -0.25) is 0 Å². The lowest BCUT2D eigenvalue weighted by Gasteiger charge is -2.28. The van der Waals surface area contributed by atoms with Crippen LogP contribution in [0.25, 0.3) is 11.4 Å². The zero-order chi connectivity index (χ0) is 19.5. The first-order valence-corrected chi connectivity index (χ1v) is 9.19. The number of anilines is 2. The van der Waals surface area contributed by atoms with Crippen molar-refractivity contribution in [2.75, 3.05) is 50.2 Å². The van der Waals surface area contributed by atoms with Crippen LogP contribution in [-0.2, 0) is 9.47 Å². The fourth-order valence-electron chi connectivity index (χ4n) is 3.29. The van der Waals surface area contributed by atoms with E-state index in [4.69, 9.17) is 15.2 Å². The Balaban J connectivity index is 1.79. The van der Waals surface area contributed by atoms with Crippen LogP contribution in [0, 0.1) is 0 Å². The standard InChI is InChI=1S/C17H21F2N7O2/c18-13(19)12-11(9-21-16(20)22-12)15-23-14(10-1-5-27-6-2-10)24-17(25-15)26-3-7-28-8-4-26/h9-10,13H,1-8H2,(H2,20,21,22). The molecule has 28 heavy (non-hydrogen) atoms. The number of halogens is 2. The third-order valence-corrected chi connectivity index (χ3v) is 4.81. The van der Waals surface area contributed by atoms with Gasteiger partial charge in [-0.15, -0.1) is 0 Å². The summed E-state index contributed by atoms with van der Waals surface area (Å²) < 4.78 is 37.9. The van der Waals surface area contributed by atoms with Crippen molar-refractivity contribution < 1.29 is 18.3 Å². The molecule has 2 aromatic heterocycles. The summed E-state index contributed by atoms with van der Waals surface area (Å²) in [5.74, 6) is 1.03. The van der Waals surface area contributed by atoms with Crippen LogP contribution in [0.1, 0.15) is 36.7 Å². The van der Waals surface area contributed by atoms with Crippen molar-refractivity contribution in [2.45, 2.75) is 25.2 Å². The van der Waals surface area contributed by atoms with Gasteiger partial charge >= 0.3 is 0 Å². The molecule has 2 aliphatic rings. The van der Waals surface area contributed by atoms with E-state index in [0.29, 0.717) is 51.3 Å². The molecular formula is C17H21F2N7O2. The average molecular weight is 393 g/mol. The van der Waals surface area contributed by atoms with Crippen molar-refractivity contribution in [3.8, 4) is 11.4 Å². The number of hydrogen-bond donors (Lipinski definition) is 1. The molecule has 0 atom stereocenters. The number of aromatic nitrogens is 5. The van der Waals surface area contributed by atoms with Crippen molar-refractivity contribution in [3.63, 3.8) is 0 Å². The van der Waals surface area contributed by atoms with Gasteiger partial charge in [0.1, 0.15) is 11.5 Å². The first-order valence-electron chi connectivity index (χ1n) is 9.19. The predicted molar refractivity (Wildman–Crippen MR) is 96.0 cm³/mol. The van der Waals surface area contributed by atoms with E-state index in [1.807, 2.05) is 4.90 Å². The maximum Gasteiger partial charge on any atom is 0.281 e. The van der Waals surface area contributed by atoms with E-state index < -0.39 is 12.1 Å². The van der Waals surface area contributed by atoms with Gasteiger partial charge in [-0.05, 0) is 12.8 Å². The van der Waals surface area contributed by atoms with Crippen LogP contribution in [-0.4, -0.2) is 64.4 Å². The van der Waals surface area contributed by atoms with Crippen molar-refractivity contribution in [3.05, 3.63) is 17.7 Å². The highest BCUT2D eigenvalue weighted by Gasteiger charge is 2.26. The summed E-state index contributed by atoms with van der Waals surface area (Å²) in [4.78, 5) is 23.1. The Hall–Kier alpha value is -2.53. The molecule has 150 valence electrons. The lowest BCUT2D eigenvalue weighted by atomic mass is 9.99. The Kier molecular flexibility index (Phi) is 5.53. The molecule has 4 rings (SSSR count). The number of ether oxygens (including phenoxy) is 2. The summed E-state index contributed by atoms with van der Waals surface area (Å²) in [7, 11) is 0. The second kappa shape index (κ2) is 8.23. The van der Waals surface area contributed by atoms with Crippen molar-refractivity contribution in [1.82, 2.24) is 24.9 Å². The van der Waals surface area contributed by atoms with Crippen LogP contribution in [0.15, 0.2) is 6.20 Å². The molecule has 0 radical (unpaired) electrons. The molecule has 0 aliphatic carbocycles. The molecule has 11 heteroatoms. The van der Waals surface area contributed by atoms with E-state index in [-0.39, 0.29) is 23.3 Å². The summed E-state index contributed by atoms with van der Waals surface area (Å²) in [6.45, 7) is 3.59. The van der Waals surface area contributed by atoms with Crippen LogP contribution in [0.2, 0.25) is 0 Å². The molecule has 0 aromatic carbocycles. The van der Waals surface area contributed by atoms with Gasteiger partial charge in [-0.1, -0.05) is 0 Å². The fraction of sp³-hybridized carbons (Fsp3) is 0.588. The maximum absolute atomic E-state index is 13.5. The van der Waals surface area contributed by atoms with E-state index in [1.54, 1.807) is 0 Å². The molecule has 0 bridgehead atoms. The van der Waals surface area contributed by atoms with E-state index in [0.717, 1.165) is 12.8 Å². The smallest absolute Gasteiger partial charge is 0.281 e. The van der Waals surface area contributed by atoms with E-state index in [2.05, 4.69) is 24.9 Å². The first-order chi connectivity index (χ1) is 13.6.